The minimum atomic E-state index is -3.54. The summed E-state index contributed by atoms with van der Waals surface area (Å²) in [6.45, 7) is 0.461. The van der Waals surface area contributed by atoms with E-state index in [0.29, 0.717) is 35.2 Å². The van der Waals surface area contributed by atoms with Crippen LogP contribution in [0.15, 0.2) is 36.4 Å². The van der Waals surface area contributed by atoms with E-state index in [1.807, 2.05) is 6.07 Å². The van der Waals surface area contributed by atoms with Gasteiger partial charge in [0.05, 0.1) is 36.2 Å². The molecule has 0 atom stereocenters. The second kappa shape index (κ2) is 10.7. The number of carbonyl (C=O) groups is 1. The lowest BCUT2D eigenvalue weighted by atomic mass is 10.2. The number of hydrogen-bond acceptors (Lipinski definition) is 5. The predicted molar refractivity (Wildman–Crippen MR) is 119 cm³/mol. The molecule has 0 heterocycles. The van der Waals surface area contributed by atoms with E-state index >= 15 is 0 Å². The maximum atomic E-state index is 12.2. The zero-order chi connectivity index (χ0) is 22.3. The van der Waals surface area contributed by atoms with Crippen molar-refractivity contribution in [3.8, 4) is 11.5 Å². The molecule has 7 nitrogen and oxygen atoms in total. The summed E-state index contributed by atoms with van der Waals surface area (Å²) in [5.74, 6) is 0.998. The summed E-state index contributed by atoms with van der Waals surface area (Å²) in [5, 5.41) is 3.41. The third kappa shape index (κ3) is 6.68. The Morgan fingerprint density at radius 2 is 1.73 bits per heavy atom. The number of benzene rings is 2. The first-order valence-electron chi connectivity index (χ1n) is 9.06. The first-order valence-corrected chi connectivity index (χ1v) is 11.7. The lowest BCUT2D eigenvalue weighted by Crippen LogP contribution is -2.32. The lowest BCUT2D eigenvalue weighted by Gasteiger charge is -2.22. The number of ether oxygens (including phenoxy) is 2. The Hall–Kier alpha value is -2.16. The van der Waals surface area contributed by atoms with Gasteiger partial charge in [-0.2, -0.15) is 0 Å². The van der Waals surface area contributed by atoms with Crippen LogP contribution in [0.1, 0.15) is 18.4 Å². The molecule has 0 aliphatic carbocycles. The van der Waals surface area contributed by atoms with Crippen molar-refractivity contribution in [1.82, 2.24) is 5.32 Å². The Labute approximate surface area is 186 Å². The number of nitrogens with one attached hydrogen (secondary N) is 1. The standard InChI is InChI=1S/C20H24Cl2N2O5S/c1-28-18-9-6-14(11-19(18)29-2)13-23-20(25)5-4-10-24(30(3,26)27)15-7-8-16(21)17(22)12-15/h6-9,11-12H,4-5,10,13H2,1-3H3,(H,23,25). The van der Waals surface area contributed by atoms with Gasteiger partial charge in [0.1, 0.15) is 0 Å². The van der Waals surface area contributed by atoms with Crippen LogP contribution in [0.4, 0.5) is 5.69 Å². The fourth-order valence-electron chi connectivity index (χ4n) is 2.79. The Balaban J connectivity index is 1.92. The van der Waals surface area contributed by atoms with Gasteiger partial charge in [0.2, 0.25) is 15.9 Å². The topological polar surface area (TPSA) is 84.9 Å². The van der Waals surface area contributed by atoms with E-state index in [1.54, 1.807) is 32.4 Å². The van der Waals surface area contributed by atoms with Crippen LogP contribution in [0.2, 0.25) is 10.0 Å². The first-order chi connectivity index (χ1) is 14.2. The highest BCUT2D eigenvalue weighted by atomic mass is 35.5. The highest BCUT2D eigenvalue weighted by Gasteiger charge is 2.18. The minimum Gasteiger partial charge on any atom is -0.493 e. The lowest BCUT2D eigenvalue weighted by molar-refractivity contribution is -0.121. The highest BCUT2D eigenvalue weighted by Crippen LogP contribution is 2.29. The molecule has 0 bridgehead atoms. The van der Waals surface area contributed by atoms with E-state index < -0.39 is 10.0 Å². The summed E-state index contributed by atoms with van der Waals surface area (Å²) in [5.41, 5.74) is 1.26. The monoisotopic (exact) mass is 474 g/mol. The fraction of sp³-hybridized carbons (Fsp3) is 0.350. The van der Waals surface area contributed by atoms with Gasteiger partial charge in [0.25, 0.3) is 0 Å². The van der Waals surface area contributed by atoms with Gasteiger partial charge in [-0.05, 0) is 42.3 Å². The van der Waals surface area contributed by atoms with Crippen molar-refractivity contribution in [2.75, 3.05) is 31.3 Å². The van der Waals surface area contributed by atoms with Gasteiger partial charge in [-0.15, -0.1) is 0 Å². The van der Waals surface area contributed by atoms with E-state index in [2.05, 4.69) is 5.32 Å². The average molecular weight is 475 g/mol. The number of nitrogens with zero attached hydrogens (tertiary/aromatic N) is 1. The molecule has 2 aromatic rings. The largest absolute Gasteiger partial charge is 0.493 e. The summed E-state index contributed by atoms with van der Waals surface area (Å²) < 4.78 is 35.9. The van der Waals surface area contributed by atoms with Gasteiger partial charge in [0.15, 0.2) is 11.5 Å². The molecule has 0 fully saturated rings. The zero-order valence-corrected chi connectivity index (χ0v) is 19.3. The van der Waals surface area contributed by atoms with Crippen LogP contribution in [-0.4, -0.2) is 41.3 Å². The molecule has 0 radical (unpaired) electrons. The molecule has 0 unspecified atom stereocenters. The van der Waals surface area contributed by atoms with Crippen LogP contribution in [0.5, 0.6) is 11.5 Å². The smallest absolute Gasteiger partial charge is 0.232 e. The van der Waals surface area contributed by atoms with Crippen molar-refractivity contribution >= 4 is 44.8 Å². The van der Waals surface area contributed by atoms with Crippen LogP contribution < -0.4 is 19.1 Å². The van der Waals surface area contributed by atoms with Gasteiger partial charge in [-0.25, -0.2) is 8.42 Å². The number of hydrogen-bond donors (Lipinski definition) is 1. The molecule has 0 saturated heterocycles. The summed E-state index contributed by atoms with van der Waals surface area (Å²) >= 11 is 11.9. The molecule has 2 rings (SSSR count). The van der Waals surface area contributed by atoms with Crippen molar-refractivity contribution in [3.63, 3.8) is 0 Å². The minimum absolute atomic E-state index is 0.139. The van der Waals surface area contributed by atoms with Crippen molar-refractivity contribution in [3.05, 3.63) is 52.0 Å². The number of methoxy groups -OCH3 is 2. The number of carbonyl (C=O) groups excluding carboxylic acids is 1. The number of rotatable bonds is 10. The molecular weight excluding hydrogens is 451 g/mol. The summed E-state index contributed by atoms with van der Waals surface area (Å²) in [7, 11) is -0.445. The second-order valence-electron chi connectivity index (χ2n) is 6.50. The van der Waals surface area contributed by atoms with Crippen LogP contribution in [0.25, 0.3) is 0 Å². The average Bonchev–Trinajstić information content (AvgIpc) is 2.70. The van der Waals surface area contributed by atoms with E-state index in [-0.39, 0.29) is 23.9 Å². The van der Waals surface area contributed by atoms with E-state index in [0.717, 1.165) is 11.8 Å². The molecule has 1 amide bonds. The van der Waals surface area contributed by atoms with Gasteiger partial charge in [-0.3, -0.25) is 9.10 Å². The molecule has 2 aromatic carbocycles. The van der Waals surface area contributed by atoms with Gasteiger partial charge >= 0.3 is 0 Å². The predicted octanol–water partition coefficient (Wildman–Crippen LogP) is 3.87. The zero-order valence-electron chi connectivity index (χ0n) is 16.9. The molecule has 1 N–H and O–H groups in total. The third-order valence-corrected chi connectivity index (χ3v) is 6.23. The molecule has 0 aromatic heterocycles. The van der Waals surface area contributed by atoms with Gasteiger partial charge < -0.3 is 14.8 Å². The van der Waals surface area contributed by atoms with Crippen LogP contribution in [0.3, 0.4) is 0 Å². The molecule has 0 aliphatic rings. The molecule has 164 valence electrons. The van der Waals surface area contributed by atoms with Crippen molar-refractivity contribution in [2.45, 2.75) is 19.4 Å². The maximum Gasteiger partial charge on any atom is 0.232 e. The van der Waals surface area contributed by atoms with Crippen molar-refractivity contribution < 1.29 is 22.7 Å². The Kier molecular flexibility index (Phi) is 8.64. The Morgan fingerprint density at radius 3 is 2.33 bits per heavy atom. The van der Waals surface area contributed by atoms with Crippen LogP contribution >= 0.6 is 23.2 Å². The maximum absolute atomic E-state index is 12.2. The molecule has 10 heteroatoms. The molecular formula is C20H24Cl2N2O5S. The molecule has 30 heavy (non-hydrogen) atoms. The van der Waals surface area contributed by atoms with Crippen molar-refractivity contribution in [1.29, 1.82) is 0 Å². The van der Waals surface area contributed by atoms with E-state index in [9.17, 15) is 13.2 Å². The summed E-state index contributed by atoms with van der Waals surface area (Å²) in [6, 6.07) is 9.98. The summed E-state index contributed by atoms with van der Waals surface area (Å²) in [4.78, 5) is 12.2. The SMILES string of the molecule is COc1ccc(CNC(=O)CCCN(c2ccc(Cl)c(Cl)c2)S(C)(=O)=O)cc1OC. The van der Waals surface area contributed by atoms with Crippen molar-refractivity contribution in [2.24, 2.45) is 0 Å². The Morgan fingerprint density at radius 1 is 1.03 bits per heavy atom. The normalized spacial score (nSPS) is 11.1. The Bertz CT molecular complexity index is 999. The quantitative estimate of drug-likeness (QED) is 0.564. The highest BCUT2D eigenvalue weighted by molar-refractivity contribution is 7.92. The number of sulfonamides is 1. The number of halogens is 2. The van der Waals surface area contributed by atoms with Crippen LogP contribution in [0, 0.1) is 0 Å². The fourth-order valence-corrected chi connectivity index (χ4v) is 4.04. The second-order valence-corrected chi connectivity index (χ2v) is 9.22. The van der Waals surface area contributed by atoms with Crippen LogP contribution in [-0.2, 0) is 21.4 Å². The van der Waals surface area contributed by atoms with E-state index in [4.69, 9.17) is 32.7 Å². The molecule has 0 saturated carbocycles. The van der Waals surface area contributed by atoms with Gasteiger partial charge in [-0.1, -0.05) is 29.3 Å². The third-order valence-electron chi connectivity index (χ3n) is 4.29. The van der Waals surface area contributed by atoms with Gasteiger partial charge in [0, 0.05) is 19.5 Å². The summed E-state index contributed by atoms with van der Waals surface area (Å²) in [6.07, 6.45) is 1.61. The number of anilines is 1. The van der Waals surface area contributed by atoms with E-state index in [1.165, 1.54) is 16.4 Å². The number of amides is 1. The molecule has 0 spiro atoms. The molecule has 0 aliphatic heterocycles. The first kappa shape index (κ1) is 24.1.